The first-order valence-corrected chi connectivity index (χ1v) is 6.82. The highest BCUT2D eigenvalue weighted by Crippen LogP contribution is 2.10. The summed E-state index contributed by atoms with van der Waals surface area (Å²) in [4.78, 5) is 2.15. The SMILES string of the molecule is CC(C)CNCCN(C)CCc1ccc(F)cc1F. The van der Waals surface area contributed by atoms with Crippen molar-refractivity contribution in [1.29, 1.82) is 0 Å². The Morgan fingerprint density at radius 3 is 2.58 bits per heavy atom. The van der Waals surface area contributed by atoms with Gasteiger partial charge in [0, 0.05) is 25.7 Å². The van der Waals surface area contributed by atoms with Crippen molar-refractivity contribution in [3.8, 4) is 0 Å². The number of nitrogens with zero attached hydrogens (tertiary/aromatic N) is 1. The van der Waals surface area contributed by atoms with E-state index in [9.17, 15) is 8.78 Å². The van der Waals surface area contributed by atoms with Crippen molar-refractivity contribution in [2.45, 2.75) is 20.3 Å². The third kappa shape index (κ3) is 6.64. The van der Waals surface area contributed by atoms with Gasteiger partial charge in [-0.25, -0.2) is 8.78 Å². The monoisotopic (exact) mass is 270 g/mol. The van der Waals surface area contributed by atoms with Crippen LogP contribution in [-0.2, 0) is 6.42 Å². The van der Waals surface area contributed by atoms with Gasteiger partial charge >= 0.3 is 0 Å². The molecule has 108 valence electrons. The third-order valence-electron chi connectivity index (χ3n) is 3.00. The van der Waals surface area contributed by atoms with E-state index in [0.29, 0.717) is 17.9 Å². The van der Waals surface area contributed by atoms with E-state index in [0.717, 1.165) is 32.2 Å². The Kier molecular flexibility index (Phi) is 6.95. The van der Waals surface area contributed by atoms with Crippen LogP contribution in [0.15, 0.2) is 18.2 Å². The lowest BCUT2D eigenvalue weighted by molar-refractivity contribution is 0.331. The highest BCUT2D eigenvalue weighted by atomic mass is 19.1. The van der Waals surface area contributed by atoms with Crippen molar-refractivity contribution in [3.63, 3.8) is 0 Å². The number of likely N-dealkylation sites (N-methyl/N-ethyl adjacent to an activating group) is 1. The summed E-state index contributed by atoms with van der Waals surface area (Å²) in [5.41, 5.74) is 0.573. The Morgan fingerprint density at radius 1 is 1.21 bits per heavy atom. The molecule has 1 rings (SSSR count). The van der Waals surface area contributed by atoms with Crippen LogP contribution >= 0.6 is 0 Å². The van der Waals surface area contributed by atoms with Gasteiger partial charge in [0.25, 0.3) is 0 Å². The van der Waals surface area contributed by atoms with Gasteiger partial charge in [0.05, 0.1) is 0 Å². The molecule has 0 radical (unpaired) electrons. The Balaban J connectivity index is 2.24. The second-order valence-corrected chi connectivity index (χ2v) is 5.39. The first-order chi connectivity index (χ1) is 8.99. The molecule has 0 amide bonds. The van der Waals surface area contributed by atoms with Crippen LogP contribution in [0.3, 0.4) is 0 Å². The number of hydrogen-bond donors (Lipinski definition) is 1. The van der Waals surface area contributed by atoms with E-state index in [4.69, 9.17) is 0 Å². The molecular formula is C15H24F2N2. The number of rotatable bonds is 8. The molecule has 1 aromatic rings. The molecule has 0 saturated heterocycles. The Morgan fingerprint density at radius 2 is 1.95 bits per heavy atom. The summed E-state index contributed by atoms with van der Waals surface area (Å²) in [7, 11) is 2.01. The van der Waals surface area contributed by atoms with Crippen LogP contribution in [0.1, 0.15) is 19.4 Å². The first kappa shape index (κ1) is 16.1. The molecule has 0 saturated carbocycles. The van der Waals surface area contributed by atoms with E-state index in [1.54, 1.807) is 0 Å². The smallest absolute Gasteiger partial charge is 0.129 e. The van der Waals surface area contributed by atoms with Crippen LogP contribution in [0.4, 0.5) is 8.78 Å². The van der Waals surface area contributed by atoms with Crippen LogP contribution < -0.4 is 5.32 Å². The summed E-state index contributed by atoms with van der Waals surface area (Å²) in [6, 6.07) is 3.78. The van der Waals surface area contributed by atoms with Gasteiger partial charge in [0.2, 0.25) is 0 Å². The van der Waals surface area contributed by atoms with E-state index in [1.165, 1.54) is 12.1 Å². The maximum atomic E-state index is 13.4. The largest absolute Gasteiger partial charge is 0.315 e. The van der Waals surface area contributed by atoms with Crippen molar-refractivity contribution in [1.82, 2.24) is 10.2 Å². The van der Waals surface area contributed by atoms with E-state index in [2.05, 4.69) is 24.1 Å². The lowest BCUT2D eigenvalue weighted by Gasteiger charge is -2.17. The predicted octanol–water partition coefficient (Wildman–Crippen LogP) is 2.68. The van der Waals surface area contributed by atoms with E-state index in [-0.39, 0.29) is 0 Å². The minimum absolute atomic E-state index is 0.452. The lowest BCUT2D eigenvalue weighted by Crippen LogP contribution is -2.32. The molecule has 4 heteroatoms. The third-order valence-corrected chi connectivity index (χ3v) is 3.00. The number of benzene rings is 1. The van der Waals surface area contributed by atoms with Crippen LogP contribution in [0.5, 0.6) is 0 Å². The van der Waals surface area contributed by atoms with E-state index in [1.807, 2.05) is 7.05 Å². The molecule has 0 aliphatic rings. The summed E-state index contributed by atoms with van der Waals surface area (Å²) in [5, 5.41) is 3.37. The standard InChI is InChI=1S/C15H24F2N2/c1-12(2)11-18-7-9-19(3)8-6-13-4-5-14(16)10-15(13)17/h4-5,10,12,18H,6-9,11H2,1-3H3. The molecule has 0 unspecified atom stereocenters. The number of nitrogens with one attached hydrogen (secondary N) is 1. The van der Waals surface area contributed by atoms with Gasteiger partial charge in [-0.05, 0) is 37.6 Å². The fourth-order valence-electron chi connectivity index (χ4n) is 1.81. The zero-order valence-corrected chi connectivity index (χ0v) is 12.0. The highest BCUT2D eigenvalue weighted by Gasteiger charge is 2.05. The van der Waals surface area contributed by atoms with Gasteiger partial charge in [0.15, 0.2) is 0 Å². The Labute approximate surface area is 114 Å². The topological polar surface area (TPSA) is 15.3 Å². The molecule has 19 heavy (non-hydrogen) atoms. The van der Waals surface area contributed by atoms with Crippen molar-refractivity contribution in [3.05, 3.63) is 35.4 Å². The zero-order valence-electron chi connectivity index (χ0n) is 12.0. The van der Waals surface area contributed by atoms with Gasteiger partial charge in [-0.3, -0.25) is 0 Å². The number of hydrogen-bond acceptors (Lipinski definition) is 2. The summed E-state index contributed by atoms with van der Waals surface area (Å²) in [6.45, 7) is 7.99. The molecule has 0 aliphatic heterocycles. The zero-order chi connectivity index (χ0) is 14.3. The average Bonchev–Trinajstić information content (AvgIpc) is 2.33. The maximum Gasteiger partial charge on any atom is 0.129 e. The van der Waals surface area contributed by atoms with Gasteiger partial charge < -0.3 is 10.2 Å². The molecule has 2 nitrogen and oxygen atoms in total. The summed E-state index contributed by atoms with van der Waals surface area (Å²) in [6.07, 6.45) is 0.604. The molecule has 1 aromatic carbocycles. The van der Waals surface area contributed by atoms with Crippen molar-refractivity contribution in [2.24, 2.45) is 5.92 Å². The quantitative estimate of drug-likeness (QED) is 0.731. The van der Waals surface area contributed by atoms with E-state index < -0.39 is 11.6 Å². The lowest BCUT2D eigenvalue weighted by atomic mass is 10.1. The molecule has 0 bridgehead atoms. The number of halogens is 2. The Bertz CT molecular complexity index is 380. The molecule has 0 spiro atoms. The van der Waals surface area contributed by atoms with Crippen molar-refractivity contribution in [2.75, 3.05) is 33.2 Å². The fourth-order valence-corrected chi connectivity index (χ4v) is 1.81. The first-order valence-electron chi connectivity index (χ1n) is 6.82. The molecule has 0 atom stereocenters. The van der Waals surface area contributed by atoms with Gasteiger partial charge in [0.1, 0.15) is 11.6 Å². The Hall–Kier alpha value is -1.00. The van der Waals surface area contributed by atoms with Gasteiger partial charge in [-0.15, -0.1) is 0 Å². The summed E-state index contributed by atoms with van der Waals surface area (Å²) < 4.78 is 26.2. The van der Waals surface area contributed by atoms with E-state index >= 15 is 0 Å². The van der Waals surface area contributed by atoms with Crippen molar-refractivity contribution < 1.29 is 8.78 Å². The van der Waals surface area contributed by atoms with Crippen LogP contribution in [-0.4, -0.2) is 38.1 Å². The van der Waals surface area contributed by atoms with Crippen LogP contribution in [0.2, 0.25) is 0 Å². The predicted molar refractivity (Wildman–Crippen MR) is 75.3 cm³/mol. The average molecular weight is 270 g/mol. The normalized spacial score (nSPS) is 11.5. The highest BCUT2D eigenvalue weighted by molar-refractivity contribution is 5.18. The second kappa shape index (κ2) is 8.23. The van der Waals surface area contributed by atoms with Crippen LogP contribution in [0, 0.1) is 17.6 Å². The molecule has 0 aromatic heterocycles. The minimum atomic E-state index is -0.521. The molecule has 0 heterocycles. The second-order valence-electron chi connectivity index (χ2n) is 5.39. The van der Waals surface area contributed by atoms with Gasteiger partial charge in [-0.2, -0.15) is 0 Å². The fraction of sp³-hybridized carbons (Fsp3) is 0.600. The summed E-state index contributed by atoms with van der Waals surface area (Å²) in [5.74, 6) is -0.322. The molecular weight excluding hydrogens is 246 g/mol. The minimum Gasteiger partial charge on any atom is -0.315 e. The molecule has 1 N–H and O–H groups in total. The maximum absolute atomic E-state index is 13.4. The van der Waals surface area contributed by atoms with Crippen LogP contribution in [0.25, 0.3) is 0 Å². The van der Waals surface area contributed by atoms with Crippen molar-refractivity contribution >= 4 is 0 Å². The summed E-state index contributed by atoms with van der Waals surface area (Å²) >= 11 is 0. The molecule has 0 fully saturated rings. The molecule has 0 aliphatic carbocycles. The van der Waals surface area contributed by atoms with Gasteiger partial charge in [-0.1, -0.05) is 19.9 Å².